The van der Waals surface area contributed by atoms with Gasteiger partial charge in [-0.3, -0.25) is 4.79 Å². The van der Waals surface area contributed by atoms with Crippen molar-refractivity contribution in [2.45, 2.75) is 31.6 Å². The Bertz CT molecular complexity index is 1360. The molecule has 6 heteroatoms. The molecule has 1 fully saturated rings. The van der Waals surface area contributed by atoms with E-state index in [0.717, 1.165) is 40.9 Å². The highest BCUT2D eigenvalue weighted by molar-refractivity contribution is 6.29. The second kappa shape index (κ2) is 9.01. The highest BCUT2D eigenvalue weighted by Gasteiger charge is 2.28. The van der Waals surface area contributed by atoms with E-state index in [2.05, 4.69) is 16.0 Å². The van der Waals surface area contributed by atoms with Gasteiger partial charge in [0.25, 0.3) is 0 Å². The van der Waals surface area contributed by atoms with Gasteiger partial charge < -0.3 is 4.42 Å². The van der Waals surface area contributed by atoms with Crippen molar-refractivity contribution in [1.82, 2.24) is 9.97 Å². The van der Waals surface area contributed by atoms with Crippen molar-refractivity contribution in [2.75, 3.05) is 0 Å². The first-order valence-electron chi connectivity index (χ1n) is 10.8. The molecule has 2 aromatic heterocycles. The summed E-state index contributed by atoms with van der Waals surface area (Å²) in [7, 11) is 0. The number of hydrogen-bond donors (Lipinski definition) is 0. The number of aryl methyl sites for hydroxylation is 1. The zero-order chi connectivity index (χ0) is 22.8. The van der Waals surface area contributed by atoms with Crippen LogP contribution >= 0.6 is 11.6 Å². The number of Topliss-reactive ketones (excluding diaryl/α,β-unsaturated/α-hetero) is 1. The van der Waals surface area contributed by atoms with E-state index < -0.39 is 0 Å². The van der Waals surface area contributed by atoms with E-state index in [1.807, 2.05) is 42.5 Å². The third kappa shape index (κ3) is 4.72. The molecule has 0 unspecified atom stereocenters. The first-order chi connectivity index (χ1) is 16.1. The number of oxazole rings is 1. The van der Waals surface area contributed by atoms with Crippen LogP contribution in [0.2, 0.25) is 5.15 Å². The number of benzene rings is 2. The van der Waals surface area contributed by atoms with Gasteiger partial charge in [-0.05, 0) is 66.3 Å². The lowest BCUT2D eigenvalue weighted by atomic mass is 9.94. The van der Waals surface area contributed by atoms with Gasteiger partial charge in [0.15, 0.2) is 5.78 Å². The summed E-state index contributed by atoms with van der Waals surface area (Å²) >= 11 is 5.86. The fourth-order valence-electron chi connectivity index (χ4n) is 3.83. The molecule has 2 aromatic carbocycles. The SMILES string of the molecule is N#Cc1ccccc1-c1cc(C(=O)CCc2ccc(Cl)nc2)cc(-c2ncc(C3CC3)o2)c1. The monoisotopic (exact) mass is 453 g/mol. The molecular weight excluding hydrogens is 434 g/mol. The van der Waals surface area contributed by atoms with Crippen LogP contribution < -0.4 is 0 Å². The van der Waals surface area contributed by atoms with Gasteiger partial charge in [0.1, 0.15) is 10.9 Å². The van der Waals surface area contributed by atoms with Gasteiger partial charge in [-0.1, -0.05) is 35.9 Å². The highest BCUT2D eigenvalue weighted by atomic mass is 35.5. The van der Waals surface area contributed by atoms with Crippen molar-refractivity contribution in [2.24, 2.45) is 0 Å². The van der Waals surface area contributed by atoms with E-state index in [1.54, 1.807) is 24.5 Å². The van der Waals surface area contributed by atoms with Crippen molar-refractivity contribution in [3.8, 4) is 28.7 Å². The Labute approximate surface area is 196 Å². The van der Waals surface area contributed by atoms with E-state index in [-0.39, 0.29) is 5.78 Å². The number of hydrogen-bond acceptors (Lipinski definition) is 5. The van der Waals surface area contributed by atoms with Gasteiger partial charge >= 0.3 is 0 Å². The Hall–Kier alpha value is -3.75. The molecule has 0 spiro atoms. The predicted octanol–water partition coefficient (Wildman–Crippen LogP) is 6.62. The van der Waals surface area contributed by atoms with Crippen LogP contribution in [-0.4, -0.2) is 15.8 Å². The summed E-state index contributed by atoms with van der Waals surface area (Å²) in [6, 6.07) is 18.8. The molecule has 0 amide bonds. The molecule has 0 N–H and O–H groups in total. The van der Waals surface area contributed by atoms with Crippen molar-refractivity contribution in [3.05, 3.63) is 94.6 Å². The molecule has 1 saturated carbocycles. The fraction of sp³-hybridized carbons (Fsp3) is 0.185. The third-order valence-electron chi connectivity index (χ3n) is 5.79. The zero-order valence-electron chi connectivity index (χ0n) is 17.8. The molecule has 0 aliphatic heterocycles. The summed E-state index contributed by atoms with van der Waals surface area (Å²) in [6.07, 6.45) is 6.58. The lowest BCUT2D eigenvalue weighted by molar-refractivity contribution is 0.0983. The first-order valence-corrected chi connectivity index (χ1v) is 11.2. The van der Waals surface area contributed by atoms with E-state index >= 15 is 0 Å². The van der Waals surface area contributed by atoms with E-state index in [1.165, 1.54) is 0 Å². The average molecular weight is 454 g/mol. The van der Waals surface area contributed by atoms with Crippen LogP contribution in [-0.2, 0) is 6.42 Å². The number of aromatic nitrogens is 2. The minimum absolute atomic E-state index is 0.00328. The summed E-state index contributed by atoms with van der Waals surface area (Å²) in [4.78, 5) is 21.7. The van der Waals surface area contributed by atoms with Gasteiger partial charge in [0.05, 0.1) is 17.8 Å². The molecule has 0 radical (unpaired) electrons. The van der Waals surface area contributed by atoms with Crippen LogP contribution in [0.3, 0.4) is 0 Å². The Morgan fingerprint density at radius 3 is 2.64 bits per heavy atom. The van der Waals surface area contributed by atoms with Crippen LogP contribution in [0.5, 0.6) is 0 Å². The molecular formula is C27H20ClN3O2. The normalized spacial score (nSPS) is 13.0. The quantitative estimate of drug-likeness (QED) is 0.232. The van der Waals surface area contributed by atoms with Crippen molar-refractivity contribution < 1.29 is 9.21 Å². The minimum atomic E-state index is -0.00328. The maximum Gasteiger partial charge on any atom is 0.226 e. The molecule has 2 heterocycles. The number of carbonyl (C=O) groups excluding carboxylic acids is 1. The Morgan fingerprint density at radius 2 is 1.88 bits per heavy atom. The molecule has 33 heavy (non-hydrogen) atoms. The summed E-state index contributed by atoms with van der Waals surface area (Å²) in [5.41, 5.74) is 4.33. The van der Waals surface area contributed by atoms with Gasteiger partial charge in [0.2, 0.25) is 5.89 Å². The molecule has 162 valence electrons. The van der Waals surface area contributed by atoms with Gasteiger partial charge in [-0.15, -0.1) is 0 Å². The Morgan fingerprint density at radius 1 is 1.06 bits per heavy atom. The standard InChI is InChI=1S/C27H20ClN3O2/c28-26-10-6-17(15-30-26)5-9-24(32)21-11-20(23-4-2-1-3-19(23)14-29)12-22(13-21)27-31-16-25(33-27)18-7-8-18/h1-4,6,10-13,15-16,18H,5,7-9H2. The lowest BCUT2D eigenvalue weighted by Gasteiger charge is -2.10. The number of nitriles is 1. The lowest BCUT2D eigenvalue weighted by Crippen LogP contribution is -2.03. The van der Waals surface area contributed by atoms with Crippen molar-refractivity contribution in [3.63, 3.8) is 0 Å². The molecule has 0 saturated heterocycles. The molecule has 5 nitrogen and oxygen atoms in total. The van der Waals surface area contributed by atoms with Crippen molar-refractivity contribution in [1.29, 1.82) is 5.26 Å². The summed E-state index contributed by atoms with van der Waals surface area (Å²) in [5, 5.41) is 10.0. The number of halogens is 1. The van der Waals surface area contributed by atoms with Crippen molar-refractivity contribution >= 4 is 17.4 Å². The maximum atomic E-state index is 13.2. The van der Waals surface area contributed by atoms with Crippen LogP contribution in [0.1, 0.15) is 52.4 Å². The summed E-state index contributed by atoms with van der Waals surface area (Å²) < 4.78 is 6.01. The smallest absolute Gasteiger partial charge is 0.226 e. The topological polar surface area (TPSA) is 79.8 Å². The number of nitrogens with zero attached hydrogens (tertiary/aromatic N) is 3. The van der Waals surface area contributed by atoms with Gasteiger partial charge in [-0.25, -0.2) is 9.97 Å². The maximum absolute atomic E-state index is 13.2. The second-order valence-electron chi connectivity index (χ2n) is 8.21. The van der Waals surface area contributed by atoms with E-state index in [4.69, 9.17) is 16.0 Å². The fourth-order valence-corrected chi connectivity index (χ4v) is 3.94. The number of carbonyl (C=O) groups is 1. The second-order valence-corrected chi connectivity index (χ2v) is 8.60. The van der Waals surface area contributed by atoms with Gasteiger partial charge in [0, 0.05) is 29.7 Å². The van der Waals surface area contributed by atoms with E-state index in [0.29, 0.717) is 40.9 Å². The van der Waals surface area contributed by atoms with Crippen LogP contribution in [0.15, 0.2) is 71.4 Å². The molecule has 0 bridgehead atoms. The van der Waals surface area contributed by atoms with Gasteiger partial charge in [-0.2, -0.15) is 5.26 Å². The molecule has 5 rings (SSSR count). The summed E-state index contributed by atoms with van der Waals surface area (Å²) in [5.74, 6) is 1.82. The molecule has 1 aliphatic carbocycles. The summed E-state index contributed by atoms with van der Waals surface area (Å²) in [6.45, 7) is 0. The molecule has 4 aromatic rings. The van der Waals surface area contributed by atoms with Crippen LogP contribution in [0, 0.1) is 11.3 Å². The van der Waals surface area contributed by atoms with Crippen LogP contribution in [0.4, 0.5) is 0 Å². The first kappa shape index (κ1) is 21.1. The number of rotatable bonds is 7. The van der Waals surface area contributed by atoms with Crippen LogP contribution in [0.25, 0.3) is 22.6 Å². The average Bonchev–Trinajstić information content (AvgIpc) is 3.59. The molecule has 0 atom stereocenters. The highest BCUT2D eigenvalue weighted by Crippen LogP contribution is 2.41. The van der Waals surface area contributed by atoms with E-state index in [9.17, 15) is 10.1 Å². The minimum Gasteiger partial charge on any atom is -0.441 e. The largest absolute Gasteiger partial charge is 0.441 e. The molecule has 1 aliphatic rings. The zero-order valence-corrected chi connectivity index (χ0v) is 18.5. The number of pyridine rings is 1. The Kier molecular flexibility index (Phi) is 5.77. The Balaban J connectivity index is 1.50. The number of ketones is 1. The predicted molar refractivity (Wildman–Crippen MR) is 126 cm³/mol. The third-order valence-corrected chi connectivity index (χ3v) is 6.02.